The standard InChI is InChI=1S/C18H19ClN4O5/c19-15-14(10-2-1-9(6-24)11(7-25)12(10)8-26)13(23-16(15)17(27)28)5-22-18-20-3-4-21-18/h1-4,23-26H,5-8H2,(H,27,28)(H2,20,21,22). The van der Waals surface area contributed by atoms with Crippen molar-refractivity contribution in [2.45, 2.75) is 26.4 Å². The highest BCUT2D eigenvalue weighted by Crippen LogP contribution is 2.38. The Morgan fingerprint density at radius 2 is 1.89 bits per heavy atom. The van der Waals surface area contributed by atoms with Crippen LogP contribution in [0.4, 0.5) is 5.95 Å². The fourth-order valence-corrected chi connectivity index (χ4v) is 3.47. The normalized spacial score (nSPS) is 11.0. The minimum Gasteiger partial charge on any atom is -0.477 e. The molecule has 0 aliphatic carbocycles. The first-order valence-electron chi connectivity index (χ1n) is 8.35. The van der Waals surface area contributed by atoms with Gasteiger partial charge in [-0.05, 0) is 22.3 Å². The summed E-state index contributed by atoms with van der Waals surface area (Å²) < 4.78 is 0. The predicted molar refractivity (Wildman–Crippen MR) is 102 cm³/mol. The molecule has 0 saturated heterocycles. The topological polar surface area (TPSA) is 154 Å². The molecule has 1 aromatic carbocycles. The van der Waals surface area contributed by atoms with Crippen molar-refractivity contribution in [2.75, 3.05) is 5.32 Å². The van der Waals surface area contributed by atoms with Gasteiger partial charge in [0.1, 0.15) is 5.69 Å². The van der Waals surface area contributed by atoms with Gasteiger partial charge in [-0.1, -0.05) is 23.7 Å². The highest BCUT2D eigenvalue weighted by molar-refractivity contribution is 6.36. The summed E-state index contributed by atoms with van der Waals surface area (Å²) in [7, 11) is 0. The number of nitrogens with zero attached hydrogens (tertiary/aromatic N) is 1. The molecule has 10 heteroatoms. The van der Waals surface area contributed by atoms with Crippen molar-refractivity contribution < 1.29 is 25.2 Å². The number of benzene rings is 1. The van der Waals surface area contributed by atoms with E-state index in [4.69, 9.17) is 11.6 Å². The third-order valence-corrected chi connectivity index (χ3v) is 4.82. The largest absolute Gasteiger partial charge is 0.477 e. The number of anilines is 1. The van der Waals surface area contributed by atoms with Gasteiger partial charge < -0.3 is 35.7 Å². The van der Waals surface area contributed by atoms with Gasteiger partial charge in [-0.3, -0.25) is 0 Å². The van der Waals surface area contributed by atoms with Crippen LogP contribution in [0.2, 0.25) is 5.02 Å². The molecule has 3 rings (SSSR count). The van der Waals surface area contributed by atoms with Crippen molar-refractivity contribution in [2.24, 2.45) is 0 Å². The van der Waals surface area contributed by atoms with Gasteiger partial charge in [0.05, 0.1) is 31.4 Å². The Bertz CT molecular complexity index is 985. The average molecular weight is 407 g/mol. The smallest absolute Gasteiger partial charge is 0.353 e. The minimum atomic E-state index is -1.23. The van der Waals surface area contributed by atoms with E-state index < -0.39 is 19.2 Å². The van der Waals surface area contributed by atoms with Crippen LogP contribution in [0.3, 0.4) is 0 Å². The first-order valence-corrected chi connectivity index (χ1v) is 8.73. The van der Waals surface area contributed by atoms with Crippen molar-refractivity contribution in [3.05, 3.63) is 57.6 Å². The molecule has 0 unspecified atom stereocenters. The fraction of sp³-hybridized carbons (Fsp3) is 0.222. The molecule has 0 aliphatic heterocycles. The van der Waals surface area contributed by atoms with E-state index >= 15 is 0 Å². The van der Waals surface area contributed by atoms with Crippen LogP contribution in [0, 0.1) is 0 Å². The van der Waals surface area contributed by atoms with Gasteiger partial charge in [-0.15, -0.1) is 0 Å². The summed E-state index contributed by atoms with van der Waals surface area (Å²) in [6.45, 7) is -0.949. The third-order valence-electron chi connectivity index (χ3n) is 4.45. The number of hydrogen-bond donors (Lipinski definition) is 7. The zero-order valence-electron chi connectivity index (χ0n) is 14.7. The summed E-state index contributed by atoms with van der Waals surface area (Å²) >= 11 is 6.36. The Hall–Kier alpha value is -2.85. The SMILES string of the molecule is O=C(O)c1[nH]c(CNc2ncc[nH]2)c(-c2ccc(CO)c(CO)c2CO)c1Cl. The summed E-state index contributed by atoms with van der Waals surface area (Å²) in [6, 6.07) is 3.24. The van der Waals surface area contributed by atoms with Crippen molar-refractivity contribution in [1.82, 2.24) is 15.0 Å². The molecule has 0 bridgehead atoms. The second-order valence-electron chi connectivity index (χ2n) is 5.97. The molecule has 0 amide bonds. The van der Waals surface area contributed by atoms with E-state index in [-0.39, 0.29) is 23.9 Å². The predicted octanol–water partition coefficient (Wildman–Crippen LogP) is 1.85. The maximum absolute atomic E-state index is 11.6. The number of halogens is 1. The Morgan fingerprint density at radius 1 is 1.14 bits per heavy atom. The first-order chi connectivity index (χ1) is 13.5. The number of aromatic carboxylic acids is 1. The number of carboxylic acids is 1. The highest BCUT2D eigenvalue weighted by atomic mass is 35.5. The lowest BCUT2D eigenvalue weighted by Crippen LogP contribution is -2.06. The van der Waals surface area contributed by atoms with Crippen molar-refractivity contribution in [3.8, 4) is 11.1 Å². The summed E-state index contributed by atoms with van der Waals surface area (Å²) in [5, 5.41) is 41.5. The number of hydrogen-bond acceptors (Lipinski definition) is 6. The lowest BCUT2D eigenvalue weighted by molar-refractivity contribution is 0.0691. The highest BCUT2D eigenvalue weighted by Gasteiger charge is 2.24. The Morgan fingerprint density at radius 3 is 2.46 bits per heavy atom. The van der Waals surface area contributed by atoms with Crippen LogP contribution in [0.25, 0.3) is 11.1 Å². The van der Waals surface area contributed by atoms with Gasteiger partial charge in [0, 0.05) is 23.7 Å². The molecule has 28 heavy (non-hydrogen) atoms. The second-order valence-corrected chi connectivity index (χ2v) is 6.35. The van der Waals surface area contributed by atoms with Crippen LogP contribution >= 0.6 is 11.6 Å². The van der Waals surface area contributed by atoms with E-state index in [9.17, 15) is 25.2 Å². The van der Waals surface area contributed by atoms with E-state index in [1.54, 1.807) is 24.5 Å². The van der Waals surface area contributed by atoms with E-state index in [0.29, 0.717) is 39.5 Å². The molecule has 0 spiro atoms. The molecule has 7 N–H and O–H groups in total. The number of aliphatic hydroxyl groups is 3. The summed E-state index contributed by atoms with van der Waals surface area (Å²) in [4.78, 5) is 21.3. The molecular formula is C18H19ClN4O5. The van der Waals surface area contributed by atoms with Crippen LogP contribution in [0.1, 0.15) is 32.9 Å². The third kappa shape index (κ3) is 3.60. The van der Waals surface area contributed by atoms with Gasteiger partial charge in [0.15, 0.2) is 5.95 Å². The van der Waals surface area contributed by atoms with Gasteiger partial charge in [0.25, 0.3) is 0 Å². The van der Waals surface area contributed by atoms with E-state index in [2.05, 4.69) is 20.3 Å². The molecule has 3 aromatic rings. The van der Waals surface area contributed by atoms with Crippen LogP contribution in [-0.2, 0) is 26.4 Å². The molecular weight excluding hydrogens is 388 g/mol. The number of imidazole rings is 1. The zero-order valence-corrected chi connectivity index (χ0v) is 15.4. The quantitative estimate of drug-likeness (QED) is 0.301. The summed E-state index contributed by atoms with van der Waals surface area (Å²) in [5.41, 5.74) is 2.35. The monoisotopic (exact) mass is 406 g/mol. The Labute approximate surface area is 164 Å². The number of aromatic amines is 2. The Kier molecular flexibility index (Phi) is 6.00. The lowest BCUT2D eigenvalue weighted by atomic mass is 9.92. The molecule has 0 atom stereocenters. The van der Waals surface area contributed by atoms with E-state index in [0.717, 1.165) is 0 Å². The van der Waals surface area contributed by atoms with Crippen molar-refractivity contribution >= 4 is 23.5 Å². The average Bonchev–Trinajstić information content (AvgIpc) is 3.32. The van der Waals surface area contributed by atoms with Crippen LogP contribution in [0.15, 0.2) is 24.5 Å². The first kappa shape index (κ1) is 19.9. The van der Waals surface area contributed by atoms with Crippen LogP contribution in [-0.4, -0.2) is 41.3 Å². The fourth-order valence-electron chi connectivity index (χ4n) is 3.12. The molecule has 2 heterocycles. The molecule has 0 saturated carbocycles. The van der Waals surface area contributed by atoms with Crippen LogP contribution in [0.5, 0.6) is 0 Å². The Balaban J connectivity index is 2.16. The molecule has 9 nitrogen and oxygen atoms in total. The van der Waals surface area contributed by atoms with E-state index in [1.807, 2.05) is 0 Å². The number of nitrogens with one attached hydrogen (secondary N) is 3. The maximum atomic E-state index is 11.6. The zero-order chi connectivity index (χ0) is 20.3. The molecule has 0 aliphatic rings. The summed E-state index contributed by atoms with van der Waals surface area (Å²) in [5.74, 6) is -0.738. The molecule has 148 valence electrons. The molecule has 0 fully saturated rings. The molecule has 2 aromatic heterocycles. The maximum Gasteiger partial charge on any atom is 0.353 e. The van der Waals surface area contributed by atoms with Crippen LogP contribution < -0.4 is 5.32 Å². The van der Waals surface area contributed by atoms with Gasteiger partial charge in [-0.25, -0.2) is 9.78 Å². The number of carboxylic acid groups (broad SMARTS) is 1. The summed E-state index contributed by atoms with van der Waals surface area (Å²) in [6.07, 6.45) is 3.21. The van der Waals surface area contributed by atoms with E-state index in [1.165, 1.54) is 0 Å². The minimum absolute atomic E-state index is 0.0147. The second kappa shape index (κ2) is 8.44. The number of H-pyrrole nitrogens is 2. The van der Waals surface area contributed by atoms with Crippen molar-refractivity contribution in [3.63, 3.8) is 0 Å². The number of rotatable bonds is 8. The number of aliphatic hydroxyl groups excluding tert-OH is 3. The number of aromatic nitrogens is 3. The van der Waals surface area contributed by atoms with Gasteiger partial charge in [0.2, 0.25) is 0 Å². The number of carbonyl (C=O) groups is 1. The van der Waals surface area contributed by atoms with Gasteiger partial charge >= 0.3 is 5.97 Å². The molecule has 0 radical (unpaired) electrons. The van der Waals surface area contributed by atoms with Crippen molar-refractivity contribution in [1.29, 1.82) is 0 Å². The lowest BCUT2D eigenvalue weighted by Gasteiger charge is -2.16. The van der Waals surface area contributed by atoms with Gasteiger partial charge in [-0.2, -0.15) is 0 Å².